The molecular weight excluding hydrogens is 480 g/mol. The van der Waals surface area contributed by atoms with Crippen LogP contribution in [0.3, 0.4) is 0 Å². The molecule has 1 aromatic heterocycles. The number of carbonyl (C=O) groups is 2. The molecule has 34 heavy (non-hydrogen) atoms. The van der Waals surface area contributed by atoms with Gasteiger partial charge in [-0.3, -0.25) is 10.1 Å². The summed E-state index contributed by atoms with van der Waals surface area (Å²) in [5.74, 6) is -0.929. The molecule has 0 aliphatic rings. The van der Waals surface area contributed by atoms with Crippen molar-refractivity contribution in [2.45, 2.75) is 12.1 Å². The standard InChI is InChI=1S/C22H18N4O6S2/c1-3-31-18-12-14(9-10-17(18)32-20(28)15-7-5-4-6-8-15)11-16(13-23)19(27)24-21-25-22(26-33-21)34(2,29)30/h4-12H,3H2,1-2H3,(H,24,25,26,27)/b16-11-. The number of ether oxygens (including phenoxy) is 2. The first-order valence-electron chi connectivity index (χ1n) is 9.72. The molecule has 1 heterocycles. The summed E-state index contributed by atoms with van der Waals surface area (Å²) >= 11 is 0.676. The van der Waals surface area contributed by atoms with Gasteiger partial charge in [-0.15, -0.1) is 0 Å². The second-order valence-electron chi connectivity index (χ2n) is 6.67. The molecule has 1 N–H and O–H groups in total. The Morgan fingerprint density at radius 3 is 2.53 bits per heavy atom. The summed E-state index contributed by atoms with van der Waals surface area (Å²) in [7, 11) is -3.63. The third-order valence-corrected chi connectivity index (χ3v) is 5.71. The van der Waals surface area contributed by atoms with E-state index in [-0.39, 0.29) is 28.8 Å². The lowest BCUT2D eigenvalue weighted by molar-refractivity contribution is -0.112. The van der Waals surface area contributed by atoms with Gasteiger partial charge in [0.1, 0.15) is 11.6 Å². The summed E-state index contributed by atoms with van der Waals surface area (Å²) in [5, 5.41) is 11.3. The van der Waals surface area contributed by atoms with Crippen LogP contribution in [0.2, 0.25) is 0 Å². The molecule has 0 unspecified atom stereocenters. The molecule has 0 aliphatic heterocycles. The van der Waals surface area contributed by atoms with E-state index >= 15 is 0 Å². The molecule has 3 rings (SSSR count). The Kier molecular flexibility index (Phi) is 7.72. The second kappa shape index (κ2) is 10.7. The monoisotopic (exact) mass is 498 g/mol. The molecule has 0 saturated carbocycles. The fraction of sp³-hybridized carbons (Fsp3) is 0.136. The zero-order valence-electron chi connectivity index (χ0n) is 18.0. The van der Waals surface area contributed by atoms with E-state index in [1.54, 1.807) is 49.4 Å². The lowest BCUT2D eigenvalue weighted by atomic mass is 10.1. The van der Waals surface area contributed by atoms with Gasteiger partial charge in [-0.1, -0.05) is 24.3 Å². The molecular formula is C22H18N4O6S2. The minimum atomic E-state index is -3.63. The minimum Gasteiger partial charge on any atom is -0.490 e. The van der Waals surface area contributed by atoms with E-state index in [1.165, 1.54) is 18.2 Å². The summed E-state index contributed by atoms with van der Waals surface area (Å²) in [6, 6.07) is 14.8. The highest BCUT2D eigenvalue weighted by atomic mass is 32.2. The zero-order chi connectivity index (χ0) is 24.7. The molecule has 0 spiro atoms. The fourth-order valence-corrected chi connectivity index (χ4v) is 4.03. The van der Waals surface area contributed by atoms with Gasteiger partial charge in [-0.05, 0) is 42.8 Å². The van der Waals surface area contributed by atoms with Crippen LogP contribution in [0.5, 0.6) is 11.5 Å². The summed E-state index contributed by atoms with van der Waals surface area (Å²) in [5.41, 5.74) is 0.532. The van der Waals surface area contributed by atoms with Crippen molar-refractivity contribution in [3.05, 3.63) is 65.2 Å². The van der Waals surface area contributed by atoms with Gasteiger partial charge in [-0.25, -0.2) is 13.2 Å². The normalized spacial score (nSPS) is 11.4. The van der Waals surface area contributed by atoms with Crippen molar-refractivity contribution in [1.29, 1.82) is 5.26 Å². The van der Waals surface area contributed by atoms with Crippen molar-refractivity contribution in [3.63, 3.8) is 0 Å². The third-order valence-electron chi connectivity index (χ3n) is 4.12. The van der Waals surface area contributed by atoms with Gasteiger partial charge in [0.05, 0.1) is 12.2 Å². The number of sulfone groups is 1. The molecule has 0 saturated heterocycles. The van der Waals surface area contributed by atoms with Gasteiger partial charge in [-0.2, -0.15) is 14.6 Å². The number of esters is 1. The average molecular weight is 499 g/mol. The Bertz CT molecular complexity index is 1390. The summed E-state index contributed by atoms with van der Waals surface area (Å²) in [6.07, 6.45) is 2.25. The highest BCUT2D eigenvalue weighted by molar-refractivity contribution is 7.90. The SMILES string of the molecule is CCOc1cc(/C=C(/C#N)C(=O)Nc2nc(S(C)(=O)=O)ns2)ccc1OC(=O)c1ccccc1. The van der Waals surface area contributed by atoms with Crippen molar-refractivity contribution >= 4 is 44.5 Å². The molecule has 0 fully saturated rings. The number of aromatic nitrogens is 2. The Hall–Kier alpha value is -4.08. The maximum absolute atomic E-state index is 12.5. The first-order chi connectivity index (χ1) is 16.2. The maximum Gasteiger partial charge on any atom is 0.343 e. The largest absolute Gasteiger partial charge is 0.490 e. The molecule has 3 aromatic rings. The van der Waals surface area contributed by atoms with Gasteiger partial charge in [0.15, 0.2) is 11.5 Å². The van der Waals surface area contributed by atoms with Crippen molar-refractivity contribution in [1.82, 2.24) is 9.36 Å². The summed E-state index contributed by atoms with van der Waals surface area (Å²) in [4.78, 5) is 28.6. The molecule has 2 aromatic carbocycles. The summed E-state index contributed by atoms with van der Waals surface area (Å²) in [6.45, 7) is 2.04. The highest BCUT2D eigenvalue weighted by Gasteiger charge is 2.18. The van der Waals surface area contributed by atoms with Crippen LogP contribution in [-0.2, 0) is 14.6 Å². The second-order valence-corrected chi connectivity index (χ2v) is 9.33. The average Bonchev–Trinajstić information content (AvgIpc) is 3.28. The minimum absolute atomic E-state index is 0.0650. The highest BCUT2D eigenvalue weighted by Crippen LogP contribution is 2.30. The molecule has 10 nitrogen and oxygen atoms in total. The van der Waals surface area contributed by atoms with Crippen LogP contribution < -0.4 is 14.8 Å². The van der Waals surface area contributed by atoms with E-state index in [1.807, 2.05) is 0 Å². The van der Waals surface area contributed by atoms with Crippen molar-refractivity contribution in [2.24, 2.45) is 0 Å². The summed E-state index contributed by atoms with van der Waals surface area (Å²) < 4.78 is 37.6. The van der Waals surface area contributed by atoms with Crippen LogP contribution in [0.25, 0.3) is 6.08 Å². The molecule has 0 radical (unpaired) electrons. The number of benzene rings is 2. The van der Waals surface area contributed by atoms with Crippen molar-refractivity contribution in [3.8, 4) is 17.6 Å². The van der Waals surface area contributed by atoms with Gasteiger partial charge in [0.2, 0.25) is 15.0 Å². The molecule has 0 aliphatic carbocycles. The number of anilines is 1. The Morgan fingerprint density at radius 2 is 1.91 bits per heavy atom. The molecule has 0 atom stereocenters. The quantitative estimate of drug-likeness (QED) is 0.214. The number of amides is 1. The first-order valence-corrected chi connectivity index (χ1v) is 12.4. The van der Waals surface area contributed by atoms with Crippen LogP contribution in [-0.4, -0.2) is 42.5 Å². The lowest BCUT2D eigenvalue weighted by Crippen LogP contribution is -2.13. The topological polar surface area (TPSA) is 148 Å². The van der Waals surface area contributed by atoms with Crippen molar-refractivity contribution < 1.29 is 27.5 Å². The van der Waals surface area contributed by atoms with Crippen LogP contribution in [0, 0.1) is 11.3 Å². The number of hydrogen-bond donors (Lipinski definition) is 1. The smallest absolute Gasteiger partial charge is 0.343 e. The van der Waals surface area contributed by atoms with Crippen LogP contribution >= 0.6 is 11.5 Å². The van der Waals surface area contributed by atoms with Crippen LogP contribution in [0.4, 0.5) is 5.13 Å². The zero-order valence-corrected chi connectivity index (χ0v) is 19.6. The van der Waals surface area contributed by atoms with Crippen molar-refractivity contribution in [2.75, 3.05) is 18.2 Å². The number of carbonyl (C=O) groups excluding carboxylic acids is 2. The predicted molar refractivity (Wildman–Crippen MR) is 124 cm³/mol. The third kappa shape index (κ3) is 6.25. The lowest BCUT2D eigenvalue weighted by Gasteiger charge is -2.11. The van der Waals surface area contributed by atoms with Gasteiger partial charge < -0.3 is 9.47 Å². The molecule has 12 heteroatoms. The molecule has 174 valence electrons. The number of nitriles is 1. The van der Waals surface area contributed by atoms with Gasteiger partial charge >= 0.3 is 5.97 Å². The van der Waals surface area contributed by atoms with E-state index < -0.39 is 26.9 Å². The number of hydrogen-bond acceptors (Lipinski definition) is 10. The van der Waals surface area contributed by atoms with E-state index in [0.717, 1.165) is 6.26 Å². The predicted octanol–water partition coefficient (Wildman–Crippen LogP) is 3.11. The molecule has 0 bridgehead atoms. The Labute approximate surface area is 199 Å². The fourth-order valence-electron chi connectivity index (χ4n) is 2.59. The van der Waals surface area contributed by atoms with E-state index in [9.17, 15) is 23.3 Å². The van der Waals surface area contributed by atoms with E-state index in [0.29, 0.717) is 22.7 Å². The molecule has 1 amide bonds. The van der Waals surface area contributed by atoms with Crippen LogP contribution in [0.1, 0.15) is 22.8 Å². The number of nitrogens with one attached hydrogen (secondary N) is 1. The Morgan fingerprint density at radius 1 is 1.18 bits per heavy atom. The van der Waals surface area contributed by atoms with Gasteiger partial charge in [0, 0.05) is 17.8 Å². The maximum atomic E-state index is 12.5. The Balaban J connectivity index is 1.81. The van der Waals surface area contributed by atoms with Gasteiger partial charge in [0.25, 0.3) is 11.1 Å². The number of rotatable bonds is 8. The van der Waals surface area contributed by atoms with E-state index in [2.05, 4.69) is 14.7 Å². The first kappa shape index (κ1) is 24.6. The van der Waals surface area contributed by atoms with Crippen LogP contribution in [0.15, 0.2) is 59.3 Å². The van der Waals surface area contributed by atoms with E-state index in [4.69, 9.17) is 9.47 Å². The number of nitrogens with zero attached hydrogens (tertiary/aromatic N) is 3.